The van der Waals surface area contributed by atoms with E-state index in [9.17, 15) is 4.79 Å². The molecule has 0 bridgehead atoms. The van der Waals surface area contributed by atoms with Crippen LogP contribution in [0.3, 0.4) is 0 Å². The van der Waals surface area contributed by atoms with Crippen molar-refractivity contribution in [3.8, 4) is 0 Å². The number of nitrogens with zero attached hydrogens (tertiary/aromatic N) is 2. The van der Waals surface area contributed by atoms with Crippen molar-refractivity contribution in [2.45, 2.75) is 46.2 Å². The fourth-order valence-electron chi connectivity index (χ4n) is 1.90. The first-order valence-electron chi connectivity index (χ1n) is 7.33. The maximum absolute atomic E-state index is 11.7. The van der Waals surface area contributed by atoms with Crippen LogP contribution in [0.2, 0.25) is 0 Å². The van der Waals surface area contributed by atoms with Gasteiger partial charge in [-0.15, -0.1) is 11.3 Å². The van der Waals surface area contributed by atoms with Gasteiger partial charge < -0.3 is 16.0 Å². The fourth-order valence-corrected chi connectivity index (χ4v) is 2.77. The minimum absolute atomic E-state index is 0.0143. The predicted molar refractivity (Wildman–Crippen MR) is 85.6 cm³/mol. The zero-order chi connectivity index (χ0) is 15.2. The van der Waals surface area contributed by atoms with Crippen molar-refractivity contribution >= 4 is 23.2 Å². The number of hydrogen-bond donors (Lipinski definition) is 3. The topological polar surface area (TPSA) is 78.4 Å². The van der Waals surface area contributed by atoms with Gasteiger partial charge in [0.2, 0.25) is 5.91 Å². The lowest BCUT2D eigenvalue weighted by molar-refractivity contribution is -0.119. The molecule has 1 saturated carbocycles. The molecule has 1 fully saturated rings. The molecule has 6 nitrogen and oxygen atoms in total. The zero-order valence-corrected chi connectivity index (χ0v) is 13.6. The summed E-state index contributed by atoms with van der Waals surface area (Å²) in [6, 6.07) is 0.381. The number of amides is 1. The van der Waals surface area contributed by atoms with Crippen molar-refractivity contribution in [2.75, 3.05) is 13.1 Å². The highest BCUT2D eigenvalue weighted by Gasteiger charge is 2.22. The van der Waals surface area contributed by atoms with Gasteiger partial charge in [-0.3, -0.25) is 4.79 Å². The van der Waals surface area contributed by atoms with Crippen LogP contribution in [0.25, 0.3) is 0 Å². The Kier molecular flexibility index (Phi) is 5.55. The standard InChI is InChI=1S/C14H23N5OS/c1-4-15-14(17-8-13(20)19-11-5-6-11)16-7-12-9(2)18-10(3)21-12/h11H,4-8H2,1-3H3,(H,19,20)(H2,15,16,17). The maximum Gasteiger partial charge on any atom is 0.242 e. The van der Waals surface area contributed by atoms with Crippen LogP contribution < -0.4 is 16.0 Å². The predicted octanol–water partition coefficient (Wildman–Crippen LogP) is 1.09. The van der Waals surface area contributed by atoms with Gasteiger partial charge in [-0.25, -0.2) is 9.98 Å². The number of thiazole rings is 1. The molecular weight excluding hydrogens is 286 g/mol. The third-order valence-electron chi connectivity index (χ3n) is 3.08. The number of guanidine groups is 1. The Hall–Kier alpha value is -1.63. The summed E-state index contributed by atoms with van der Waals surface area (Å²) < 4.78 is 0. The largest absolute Gasteiger partial charge is 0.357 e. The Bertz CT molecular complexity index is 521. The minimum atomic E-state index is -0.0143. The van der Waals surface area contributed by atoms with Crippen LogP contribution in [0.15, 0.2) is 4.99 Å². The second-order valence-corrected chi connectivity index (χ2v) is 6.42. The highest BCUT2D eigenvalue weighted by molar-refractivity contribution is 7.11. The van der Waals surface area contributed by atoms with Gasteiger partial charge in [0.15, 0.2) is 5.96 Å². The monoisotopic (exact) mass is 309 g/mol. The molecular formula is C14H23N5OS. The first kappa shape index (κ1) is 15.8. The van der Waals surface area contributed by atoms with E-state index in [0.29, 0.717) is 18.5 Å². The van der Waals surface area contributed by atoms with Crippen LogP contribution in [-0.2, 0) is 11.3 Å². The van der Waals surface area contributed by atoms with E-state index >= 15 is 0 Å². The molecule has 1 aromatic heterocycles. The molecule has 21 heavy (non-hydrogen) atoms. The number of rotatable bonds is 6. The average Bonchev–Trinajstić information content (AvgIpc) is 3.17. The number of aromatic nitrogens is 1. The molecule has 1 aliphatic carbocycles. The van der Waals surface area contributed by atoms with Gasteiger partial charge in [0.25, 0.3) is 0 Å². The molecule has 0 unspecified atom stereocenters. The van der Waals surface area contributed by atoms with Crippen LogP contribution >= 0.6 is 11.3 Å². The van der Waals surface area contributed by atoms with E-state index in [1.165, 1.54) is 4.88 Å². The van der Waals surface area contributed by atoms with Gasteiger partial charge in [0.05, 0.1) is 17.2 Å². The number of carbonyl (C=O) groups is 1. The molecule has 0 aliphatic heterocycles. The quantitative estimate of drug-likeness (QED) is 0.543. The highest BCUT2D eigenvalue weighted by Crippen LogP contribution is 2.18. The van der Waals surface area contributed by atoms with E-state index in [0.717, 1.165) is 30.1 Å². The van der Waals surface area contributed by atoms with Crippen molar-refractivity contribution < 1.29 is 4.79 Å². The molecule has 1 aliphatic rings. The summed E-state index contributed by atoms with van der Waals surface area (Å²) in [7, 11) is 0. The van der Waals surface area contributed by atoms with E-state index in [1.807, 2.05) is 20.8 Å². The van der Waals surface area contributed by atoms with E-state index in [1.54, 1.807) is 11.3 Å². The van der Waals surface area contributed by atoms with Gasteiger partial charge in [0.1, 0.15) is 6.54 Å². The van der Waals surface area contributed by atoms with Crippen LogP contribution in [0.4, 0.5) is 0 Å². The Balaban J connectivity index is 1.85. The second-order valence-electron chi connectivity index (χ2n) is 5.13. The Morgan fingerprint density at radius 2 is 2.14 bits per heavy atom. The Labute approximate surface area is 129 Å². The maximum atomic E-state index is 11.7. The third-order valence-corrected chi connectivity index (χ3v) is 4.16. The summed E-state index contributed by atoms with van der Waals surface area (Å²) in [5.41, 5.74) is 1.05. The van der Waals surface area contributed by atoms with E-state index in [2.05, 4.69) is 25.9 Å². The van der Waals surface area contributed by atoms with E-state index in [-0.39, 0.29) is 12.5 Å². The van der Waals surface area contributed by atoms with Crippen molar-refractivity contribution in [2.24, 2.45) is 4.99 Å². The van der Waals surface area contributed by atoms with Crippen LogP contribution in [0.5, 0.6) is 0 Å². The zero-order valence-electron chi connectivity index (χ0n) is 12.8. The van der Waals surface area contributed by atoms with Gasteiger partial charge >= 0.3 is 0 Å². The van der Waals surface area contributed by atoms with Crippen LogP contribution in [-0.4, -0.2) is 36.0 Å². The third kappa shape index (κ3) is 5.34. The summed E-state index contributed by atoms with van der Waals surface area (Å²) in [5.74, 6) is 0.647. The van der Waals surface area contributed by atoms with E-state index in [4.69, 9.17) is 0 Å². The smallest absolute Gasteiger partial charge is 0.242 e. The summed E-state index contributed by atoms with van der Waals surface area (Å²) in [5, 5.41) is 10.4. The summed E-state index contributed by atoms with van der Waals surface area (Å²) >= 11 is 1.68. The van der Waals surface area contributed by atoms with Crippen molar-refractivity contribution in [3.05, 3.63) is 15.6 Å². The SMILES string of the molecule is CCNC(=NCC(=O)NC1CC1)NCc1sc(C)nc1C. The van der Waals surface area contributed by atoms with Crippen molar-refractivity contribution in [1.29, 1.82) is 0 Å². The molecule has 1 heterocycles. The minimum Gasteiger partial charge on any atom is -0.357 e. The number of hydrogen-bond acceptors (Lipinski definition) is 4. The normalized spacial score (nSPS) is 14.9. The van der Waals surface area contributed by atoms with Gasteiger partial charge in [0, 0.05) is 17.5 Å². The number of aliphatic imine (C=N–C) groups is 1. The molecule has 1 amide bonds. The lowest BCUT2D eigenvalue weighted by atomic mass is 10.4. The number of carbonyl (C=O) groups excluding carboxylic acids is 1. The van der Waals surface area contributed by atoms with E-state index < -0.39 is 0 Å². The van der Waals surface area contributed by atoms with Gasteiger partial charge in [-0.2, -0.15) is 0 Å². The Morgan fingerprint density at radius 1 is 1.38 bits per heavy atom. The molecule has 2 rings (SSSR count). The molecule has 0 atom stereocenters. The van der Waals surface area contributed by atoms with Gasteiger partial charge in [-0.05, 0) is 33.6 Å². The average molecular weight is 309 g/mol. The van der Waals surface area contributed by atoms with Crippen LogP contribution in [0, 0.1) is 13.8 Å². The molecule has 0 saturated heterocycles. The summed E-state index contributed by atoms with van der Waals surface area (Å²) in [6.45, 7) is 7.61. The lowest BCUT2D eigenvalue weighted by Crippen LogP contribution is -2.38. The molecule has 3 N–H and O–H groups in total. The number of aryl methyl sites for hydroxylation is 2. The second kappa shape index (κ2) is 7.40. The van der Waals surface area contributed by atoms with Crippen molar-refractivity contribution in [3.63, 3.8) is 0 Å². The molecule has 116 valence electrons. The first-order valence-corrected chi connectivity index (χ1v) is 8.14. The molecule has 0 aromatic carbocycles. The summed E-state index contributed by atoms with van der Waals surface area (Å²) in [4.78, 5) is 21.6. The fraction of sp³-hybridized carbons (Fsp3) is 0.643. The first-order chi connectivity index (χ1) is 10.1. The summed E-state index contributed by atoms with van der Waals surface area (Å²) in [6.07, 6.45) is 2.19. The number of nitrogens with one attached hydrogen (secondary N) is 3. The highest BCUT2D eigenvalue weighted by atomic mass is 32.1. The van der Waals surface area contributed by atoms with Crippen molar-refractivity contribution in [1.82, 2.24) is 20.9 Å². The van der Waals surface area contributed by atoms with Crippen LogP contribution in [0.1, 0.15) is 35.3 Å². The Morgan fingerprint density at radius 3 is 2.71 bits per heavy atom. The molecule has 0 radical (unpaired) electrons. The van der Waals surface area contributed by atoms with Gasteiger partial charge in [-0.1, -0.05) is 0 Å². The molecule has 0 spiro atoms. The molecule has 7 heteroatoms. The molecule has 1 aromatic rings. The lowest BCUT2D eigenvalue weighted by Gasteiger charge is -2.10.